The predicted molar refractivity (Wildman–Crippen MR) is 73.5 cm³/mol. The Balaban J connectivity index is 2.34. The molecule has 3 nitrogen and oxygen atoms in total. The first-order chi connectivity index (χ1) is 8.64. The largest absolute Gasteiger partial charge is 0.496 e. The maximum atomic E-state index is 5.48. The number of ether oxygens (including phenoxy) is 2. The molecule has 0 aromatic heterocycles. The molecule has 1 N–H and O–H groups in total. The molecule has 2 rings (SSSR count). The molecule has 0 bridgehead atoms. The Kier molecular flexibility index (Phi) is 3.93. The second-order valence-electron chi connectivity index (χ2n) is 5.19. The van der Waals surface area contributed by atoms with Gasteiger partial charge in [0.1, 0.15) is 5.75 Å². The van der Waals surface area contributed by atoms with Gasteiger partial charge >= 0.3 is 0 Å². The van der Waals surface area contributed by atoms with E-state index < -0.39 is 0 Å². The highest BCUT2D eigenvalue weighted by molar-refractivity contribution is 5.47. The van der Waals surface area contributed by atoms with Gasteiger partial charge in [-0.25, -0.2) is 0 Å². The van der Waals surface area contributed by atoms with Crippen LogP contribution in [0, 0.1) is 13.8 Å². The topological polar surface area (TPSA) is 30.5 Å². The van der Waals surface area contributed by atoms with E-state index in [1.165, 1.54) is 16.7 Å². The summed E-state index contributed by atoms with van der Waals surface area (Å²) in [6, 6.07) is 4.29. The zero-order valence-corrected chi connectivity index (χ0v) is 11.8. The van der Waals surface area contributed by atoms with E-state index in [0.29, 0.717) is 0 Å². The molecule has 0 atom stereocenters. The van der Waals surface area contributed by atoms with Crippen LogP contribution in [-0.4, -0.2) is 33.9 Å². The molecule has 100 valence electrons. The average Bonchev–Trinajstić information content (AvgIpc) is 2.33. The maximum Gasteiger partial charge on any atom is 0.122 e. The van der Waals surface area contributed by atoms with Gasteiger partial charge in [-0.05, 0) is 56.6 Å². The monoisotopic (exact) mass is 249 g/mol. The number of hydrogen-bond donors (Lipinski definition) is 1. The highest BCUT2D eigenvalue weighted by atomic mass is 16.5. The summed E-state index contributed by atoms with van der Waals surface area (Å²) in [5.41, 5.74) is 4.20. The van der Waals surface area contributed by atoms with E-state index >= 15 is 0 Å². The van der Waals surface area contributed by atoms with E-state index in [9.17, 15) is 0 Å². The lowest BCUT2D eigenvalue weighted by atomic mass is 9.73. The van der Waals surface area contributed by atoms with E-state index in [1.54, 1.807) is 7.11 Å². The van der Waals surface area contributed by atoms with Crippen LogP contribution in [0.1, 0.15) is 23.1 Å². The fraction of sp³-hybridized carbons (Fsp3) is 0.600. The third-order valence-corrected chi connectivity index (χ3v) is 4.14. The molecule has 0 saturated carbocycles. The number of benzene rings is 1. The fourth-order valence-electron chi connectivity index (χ4n) is 2.74. The summed E-state index contributed by atoms with van der Waals surface area (Å²) in [4.78, 5) is 0. The Morgan fingerprint density at radius 2 is 2.00 bits per heavy atom. The molecule has 18 heavy (non-hydrogen) atoms. The van der Waals surface area contributed by atoms with Crippen LogP contribution >= 0.6 is 0 Å². The normalized spacial score (nSPS) is 17.3. The molecule has 1 fully saturated rings. The van der Waals surface area contributed by atoms with Crippen LogP contribution in [0.15, 0.2) is 12.1 Å². The van der Waals surface area contributed by atoms with Crippen molar-refractivity contribution in [2.24, 2.45) is 0 Å². The summed E-state index contributed by atoms with van der Waals surface area (Å²) >= 11 is 0. The number of rotatable bonds is 5. The summed E-state index contributed by atoms with van der Waals surface area (Å²) < 4.78 is 10.9. The van der Waals surface area contributed by atoms with Gasteiger partial charge in [-0.3, -0.25) is 0 Å². The molecule has 0 spiro atoms. The highest BCUT2D eigenvalue weighted by Crippen LogP contribution is 2.39. The van der Waals surface area contributed by atoms with Crippen LogP contribution in [0.4, 0.5) is 0 Å². The molecule has 1 heterocycles. The summed E-state index contributed by atoms with van der Waals surface area (Å²) in [5, 5.41) is 3.24. The standard InChI is InChI=1S/C15H23NO2/c1-11-12(2)14(17-4)6-5-13(11)15(7-8-16-3)9-18-10-15/h5-6,16H,7-10H2,1-4H3. The minimum atomic E-state index is 0.199. The molecule has 1 saturated heterocycles. The Bertz CT molecular complexity index is 425. The molecule has 1 aliphatic rings. The van der Waals surface area contributed by atoms with E-state index in [-0.39, 0.29) is 5.41 Å². The Morgan fingerprint density at radius 1 is 1.28 bits per heavy atom. The molecule has 3 heteroatoms. The first-order valence-electron chi connectivity index (χ1n) is 6.51. The minimum absolute atomic E-state index is 0.199. The quantitative estimate of drug-likeness (QED) is 0.867. The summed E-state index contributed by atoms with van der Waals surface area (Å²) in [7, 11) is 3.73. The Labute approximate surface area is 109 Å². The predicted octanol–water partition coefficient (Wildman–Crippen LogP) is 2.19. The Morgan fingerprint density at radius 3 is 2.50 bits per heavy atom. The zero-order valence-electron chi connectivity index (χ0n) is 11.8. The first-order valence-corrected chi connectivity index (χ1v) is 6.51. The maximum absolute atomic E-state index is 5.48. The van der Waals surface area contributed by atoms with Gasteiger partial charge in [0.2, 0.25) is 0 Å². The van der Waals surface area contributed by atoms with E-state index in [2.05, 4.69) is 31.3 Å². The van der Waals surface area contributed by atoms with Gasteiger partial charge in [-0.15, -0.1) is 0 Å². The molecular formula is C15H23NO2. The van der Waals surface area contributed by atoms with Crippen molar-refractivity contribution < 1.29 is 9.47 Å². The molecule has 0 unspecified atom stereocenters. The Hall–Kier alpha value is -1.06. The van der Waals surface area contributed by atoms with Gasteiger partial charge in [0.05, 0.1) is 20.3 Å². The van der Waals surface area contributed by atoms with Gasteiger partial charge in [0, 0.05) is 5.41 Å². The van der Waals surface area contributed by atoms with Crippen LogP contribution in [0.2, 0.25) is 0 Å². The van der Waals surface area contributed by atoms with Crippen molar-refractivity contribution in [3.63, 3.8) is 0 Å². The van der Waals surface area contributed by atoms with E-state index in [4.69, 9.17) is 9.47 Å². The molecule has 1 aliphatic heterocycles. The summed E-state index contributed by atoms with van der Waals surface area (Å²) in [6.45, 7) is 7.01. The van der Waals surface area contributed by atoms with Crippen LogP contribution in [0.25, 0.3) is 0 Å². The van der Waals surface area contributed by atoms with Gasteiger partial charge in [0.25, 0.3) is 0 Å². The average molecular weight is 249 g/mol. The molecular weight excluding hydrogens is 226 g/mol. The number of methoxy groups -OCH3 is 1. The third-order valence-electron chi connectivity index (χ3n) is 4.14. The molecule has 0 amide bonds. The second kappa shape index (κ2) is 5.29. The van der Waals surface area contributed by atoms with Crippen molar-refractivity contribution in [1.29, 1.82) is 0 Å². The van der Waals surface area contributed by atoms with Gasteiger partial charge < -0.3 is 14.8 Å². The summed E-state index contributed by atoms with van der Waals surface area (Å²) in [5.74, 6) is 0.972. The van der Waals surface area contributed by atoms with Crippen molar-refractivity contribution in [2.75, 3.05) is 33.9 Å². The van der Waals surface area contributed by atoms with Crippen molar-refractivity contribution in [2.45, 2.75) is 25.7 Å². The number of hydrogen-bond acceptors (Lipinski definition) is 3. The smallest absolute Gasteiger partial charge is 0.122 e. The first kappa shape index (κ1) is 13.4. The van der Waals surface area contributed by atoms with Crippen molar-refractivity contribution >= 4 is 0 Å². The lowest BCUT2D eigenvalue weighted by molar-refractivity contribution is -0.0641. The van der Waals surface area contributed by atoms with Crippen molar-refractivity contribution in [3.8, 4) is 5.75 Å². The van der Waals surface area contributed by atoms with E-state index in [1.807, 2.05) is 7.05 Å². The second-order valence-corrected chi connectivity index (χ2v) is 5.19. The summed E-state index contributed by atoms with van der Waals surface area (Å²) in [6.07, 6.45) is 1.12. The van der Waals surface area contributed by atoms with Gasteiger partial charge in [-0.1, -0.05) is 6.07 Å². The fourth-order valence-corrected chi connectivity index (χ4v) is 2.74. The molecule has 0 aliphatic carbocycles. The SMILES string of the molecule is CNCCC1(c2ccc(OC)c(C)c2C)COC1. The van der Waals surface area contributed by atoms with Crippen LogP contribution in [-0.2, 0) is 10.2 Å². The lowest BCUT2D eigenvalue weighted by Gasteiger charge is -2.43. The lowest BCUT2D eigenvalue weighted by Crippen LogP contribution is -2.48. The molecule has 0 radical (unpaired) electrons. The van der Waals surface area contributed by atoms with Crippen LogP contribution in [0.3, 0.4) is 0 Å². The van der Waals surface area contributed by atoms with Crippen LogP contribution in [0.5, 0.6) is 5.75 Å². The highest BCUT2D eigenvalue weighted by Gasteiger charge is 2.41. The minimum Gasteiger partial charge on any atom is -0.496 e. The van der Waals surface area contributed by atoms with Crippen molar-refractivity contribution in [1.82, 2.24) is 5.32 Å². The van der Waals surface area contributed by atoms with E-state index in [0.717, 1.165) is 31.9 Å². The molecule has 1 aromatic carbocycles. The van der Waals surface area contributed by atoms with Gasteiger partial charge in [0.15, 0.2) is 0 Å². The molecule has 1 aromatic rings. The van der Waals surface area contributed by atoms with Gasteiger partial charge in [-0.2, -0.15) is 0 Å². The third kappa shape index (κ3) is 2.13. The van der Waals surface area contributed by atoms with Crippen molar-refractivity contribution in [3.05, 3.63) is 28.8 Å². The van der Waals surface area contributed by atoms with Crippen LogP contribution < -0.4 is 10.1 Å². The number of nitrogens with one attached hydrogen (secondary N) is 1. The zero-order chi connectivity index (χ0) is 13.2.